The zero-order valence-electron chi connectivity index (χ0n) is 21.5. The van der Waals surface area contributed by atoms with Crippen molar-refractivity contribution in [3.63, 3.8) is 0 Å². The summed E-state index contributed by atoms with van der Waals surface area (Å²) >= 11 is 0. The van der Waals surface area contributed by atoms with Crippen LogP contribution >= 0.6 is 0 Å². The molecule has 1 heterocycles. The van der Waals surface area contributed by atoms with Crippen molar-refractivity contribution in [2.45, 2.75) is 58.4 Å². The van der Waals surface area contributed by atoms with Gasteiger partial charge in [-0.3, -0.25) is 4.79 Å². The second-order valence-electron chi connectivity index (χ2n) is 9.36. The first kappa shape index (κ1) is 25.5. The van der Waals surface area contributed by atoms with Crippen LogP contribution in [0.3, 0.4) is 0 Å². The van der Waals surface area contributed by atoms with Crippen molar-refractivity contribution >= 4 is 16.9 Å². The Kier molecular flexibility index (Phi) is 9.15. The molecule has 188 valence electrons. The summed E-state index contributed by atoms with van der Waals surface area (Å²) in [5, 5.41) is 3.05. The predicted octanol–water partition coefficient (Wildman–Crippen LogP) is 6.31. The summed E-state index contributed by atoms with van der Waals surface area (Å²) in [6.45, 7) is 6.61. The number of fused-ring (bicyclic) bond motifs is 1. The second kappa shape index (κ2) is 12.9. The largest absolute Gasteiger partial charge is 0.494 e. The molecule has 1 N–H and O–H groups in total. The van der Waals surface area contributed by atoms with Crippen molar-refractivity contribution in [1.82, 2.24) is 14.9 Å². The molecule has 0 aliphatic rings. The Bertz CT molecular complexity index is 1230. The summed E-state index contributed by atoms with van der Waals surface area (Å²) in [5.74, 6) is 2.56. The van der Waals surface area contributed by atoms with Crippen LogP contribution in [0, 0.1) is 0 Å². The number of aryl methyl sites for hydroxylation is 1. The summed E-state index contributed by atoms with van der Waals surface area (Å²) in [6.07, 6.45) is 4.21. The summed E-state index contributed by atoms with van der Waals surface area (Å²) < 4.78 is 8.27. The van der Waals surface area contributed by atoms with Crippen molar-refractivity contribution in [2.24, 2.45) is 0 Å². The highest BCUT2D eigenvalue weighted by molar-refractivity contribution is 5.78. The first-order chi connectivity index (χ1) is 17.6. The number of ether oxygens (including phenoxy) is 1. The number of para-hydroxylation sites is 2. The molecule has 5 nitrogen and oxygen atoms in total. The number of imidazole rings is 1. The van der Waals surface area contributed by atoms with Gasteiger partial charge in [-0.25, -0.2) is 4.98 Å². The van der Waals surface area contributed by atoms with Gasteiger partial charge in [0.15, 0.2) is 0 Å². The Balaban J connectivity index is 1.27. The molecule has 0 aliphatic carbocycles. The van der Waals surface area contributed by atoms with E-state index >= 15 is 0 Å². The van der Waals surface area contributed by atoms with E-state index in [4.69, 9.17) is 9.72 Å². The number of rotatable bonds is 13. The molecule has 3 aromatic carbocycles. The number of carbonyl (C=O) groups is 1. The molecular formula is C31H37N3O2. The number of amides is 1. The van der Waals surface area contributed by atoms with Gasteiger partial charge in [-0.2, -0.15) is 0 Å². The lowest BCUT2D eigenvalue weighted by Crippen LogP contribution is -2.28. The number of hydrogen-bond acceptors (Lipinski definition) is 3. The van der Waals surface area contributed by atoms with E-state index < -0.39 is 0 Å². The molecule has 0 spiro atoms. The molecule has 4 rings (SSSR count). The highest BCUT2D eigenvalue weighted by atomic mass is 16.5. The average molecular weight is 484 g/mol. The zero-order chi connectivity index (χ0) is 25.2. The summed E-state index contributed by atoms with van der Waals surface area (Å²) in [7, 11) is 0. The lowest BCUT2D eigenvalue weighted by molar-refractivity contribution is -0.120. The number of hydrogen-bond donors (Lipinski definition) is 1. The first-order valence-electron chi connectivity index (χ1n) is 13.1. The van der Waals surface area contributed by atoms with Gasteiger partial charge in [0, 0.05) is 19.5 Å². The van der Waals surface area contributed by atoms with Gasteiger partial charge in [-0.05, 0) is 60.6 Å². The molecule has 0 saturated carbocycles. The van der Waals surface area contributed by atoms with E-state index in [1.807, 2.05) is 36.4 Å². The molecule has 1 atom stereocenters. The third-order valence-electron chi connectivity index (χ3n) is 6.72. The number of unbranched alkanes of at least 4 members (excludes halogenated alkanes) is 1. The van der Waals surface area contributed by atoms with Crippen LogP contribution < -0.4 is 10.1 Å². The SMILES string of the molecule is CCC(C)c1ccc(OCCCCn2c(CCNC(=O)Cc3ccccc3)nc3ccccc32)cc1. The molecule has 0 radical (unpaired) electrons. The van der Waals surface area contributed by atoms with Gasteiger partial charge in [0.1, 0.15) is 11.6 Å². The maximum absolute atomic E-state index is 12.3. The Labute approximate surface area is 214 Å². The summed E-state index contributed by atoms with van der Waals surface area (Å²) in [4.78, 5) is 17.2. The van der Waals surface area contributed by atoms with E-state index in [1.165, 1.54) is 5.56 Å². The molecular weight excluding hydrogens is 446 g/mol. The Morgan fingerprint density at radius 3 is 2.50 bits per heavy atom. The summed E-state index contributed by atoms with van der Waals surface area (Å²) in [6, 6.07) is 26.6. The van der Waals surface area contributed by atoms with E-state index in [1.54, 1.807) is 0 Å². The lowest BCUT2D eigenvalue weighted by Gasteiger charge is -2.12. The second-order valence-corrected chi connectivity index (χ2v) is 9.36. The molecule has 0 aliphatic heterocycles. The van der Waals surface area contributed by atoms with E-state index in [0.717, 1.165) is 54.0 Å². The van der Waals surface area contributed by atoms with Crippen molar-refractivity contribution in [3.8, 4) is 5.75 Å². The van der Waals surface area contributed by atoms with Crippen molar-refractivity contribution in [3.05, 3.63) is 95.8 Å². The van der Waals surface area contributed by atoms with Gasteiger partial charge in [-0.1, -0.05) is 68.4 Å². The Morgan fingerprint density at radius 1 is 0.972 bits per heavy atom. The number of aromatic nitrogens is 2. The quantitative estimate of drug-likeness (QED) is 0.227. The normalized spacial score (nSPS) is 11.9. The molecule has 4 aromatic rings. The number of carbonyl (C=O) groups excluding carboxylic acids is 1. The topological polar surface area (TPSA) is 56.1 Å². The number of nitrogens with zero attached hydrogens (tertiary/aromatic N) is 2. The average Bonchev–Trinajstić information content (AvgIpc) is 3.26. The smallest absolute Gasteiger partial charge is 0.224 e. The van der Waals surface area contributed by atoms with E-state index in [-0.39, 0.29) is 5.91 Å². The van der Waals surface area contributed by atoms with Gasteiger partial charge in [-0.15, -0.1) is 0 Å². The molecule has 0 bridgehead atoms. The van der Waals surface area contributed by atoms with Crippen LogP contribution in [0.5, 0.6) is 5.75 Å². The van der Waals surface area contributed by atoms with E-state index in [0.29, 0.717) is 31.9 Å². The van der Waals surface area contributed by atoms with Crippen LogP contribution in [0.15, 0.2) is 78.9 Å². The van der Waals surface area contributed by atoms with Crippen LogP contribution in [0.2, 0.25) is 0 Å². The third-order valence-corrected chi connectivity index (χ3v) is 6.72. The van der Waals surface area contributed by atoms with Crippen LogP contribution in [0.25, 0.3) is 11.0 Å². The fraction of sp³-hybridized carbons (Fsp3) is 0.355. The van der Waals surface area contributed by atoms with E-state index in [2.05, 4.69) is 66.2 Å². The van der Waals surface area contributed by atoms with Gasteiger partial charge >= 0.3 is 0 Å². The Morgan fingerprint density at radius 2 is 1.72 bits per heavy atom. The minimum absolute atomic E-state index is 0.0400. The number of benzene rings is 3. The number of nitrogens with one attached hydrogen (secondary N) is 1. The van der Waals surface area contributed by atoms with Crippen LogP contribution in [-0.4, -0.2) is 28.6 Å². The molecule has 36 heavy (non-hydrogen) atoms. The van der Waals surface area contributed by atoms with Crippen molar-refractivity contribution in [2.75, 3.05) is 13.2 Å². The standard InChI is InChI=1S/C31H37N3O2/c1-3-24(2)26-15-17-27(18-16-26)36-22-10-9-21-34-29-14-8-7-13-28(29)33-30(34)19-20-32-31(35)23-25-11-5-4-6-12-25/h4-8,11-18,24H,3,9-10,19-23H2,1-2H3,(H,32,35). The monoisotopic (exact) mass is 483 g/mol. The molecule has 1 amide bonds. The molecule has 5 heteroatoms. The minimum Gasteiger partial charge on any atom is -0.494 e. The van der Waals surface area contributed by atoms with Gasteiger partial charge in [0.05, 0.1) is 24.1 Å². The predicted molar refractivity (Wildman–Crippen MR) is 146 cm³/mol. The third kappa shape index (κ3) is 6.97. The maximum Gasteiger partial charge on any atom is 0.224 e. The molecule has 1 unspecified atom stereocenters. The zero-order valence-corrected chi connectivity index (χ0v) is 21.5. The molecule has 1 aromatic heterocycles. The fourth-order valence-corrected chi connectivity index (χ4v) is 4.41. The lowest BCUT2D eigenvalue weighted by atomic mass is 9.99. The van der Waals surface area contributed by atoms with E-state index in [9.17, 15) is 4.79 Å². The molecule has 0 saturated heterocycles. The van der Waals surface area contributed by atoms with Crippen LogP contribution in [-0.2, 0) is 24.2 Å². The highest BCUT2D eigenvalue weighted by Crippen LogP contribution is 2.22. The minimum atomic E-state index is 0.0400. The van der Waals surface area contributed by atoms with Crippen LogP contribution in [0.4, 0.5) is 0 Å². The van der Waals surface area contributed by atoms with Crippen LogP contribution in [0.1, 0.15) is 56.0 Å². The first-order valence-corrected chi connectivity index (χ1v) is 13.1. The van der Waals surface area contributed by atoms with Gasteiger partial charge in [0.2, 0.25) is 5.91 Å². The van der Waals surface area contributed by atoms with Crippen molar-refractivity contribution in [1.29, 1.82) is 0 Å². The Hall–Kier alpha value is -3.60. The van der Waals surface area contributed by atoms with Crippen molar-refractivity contribution < 1.29 is 9.53 Å². The molecule has 0 fully saturated rings. The van der Waals surface area contributed by atoms with Gasteiger partial charge in [0.25, 0.3) is 0 Å². The highest BCUT2D eigenvalue weighted by Gasteiger charge is 2.11. The van der Waals surface area contributed by atoms with Gasteiger partial charge < -0.3 is 14.6 Å². The summed E-state index contributed by atoms with van der Waals surface area (Å²) in [5.41, 5.74) is 4.53. The fourth-order valence-electron chi connectivity index (χ4n) is 4.41. The maximum atomic E-state index is 12.3.